The van der Waals surface area contributed by atoms with Crippen molar-refractivity contribution in [3.8, 4) is 5.75 Å². The monoisotopic (exact) mass is 391 g/mol. The van der Waals surface area contributed by atoms with Crippen molar-refractivity contribution in [2.24, 2.45) is 5.73 Å². The Morgan fingerprint density at radius 2 is 1.74 bits per heavy atom. The predicted octanol–water partition coefficient (Wildman–Crippen LogP) is 1.04. The van der Waals surface area contributed by atoms with Gasteiger partial charge in [-0.1, -0.05) is 12.1 Å². The summed E-state index contributed by atoms with van der Waals surface area (Å²) in [6, 6.07) is 12.6. The number of nitrogens with two attached hydrogens (primary N) is 1. The Balaban J connectivity index is 1.83. The van der Waals surface area contributed by atoms with Crippen LogP contribution in [0.4, 0.5) is 0 Å². The molecule has 2 rings (SSSR count). The summed E-state index contributed by atoms with van der Waals surface area (Å²) in [5.74, 6) is 0.112. The number of benzene rings is 2. The number of amidine groups is 1. The number of nitrogens with one attached hydrogen (secondary N) is 2. The van der Waals surface area contributed by atoms with Gasteiger partial charge in [0.1, 0.15) is 18.2 Å². The molecular formula is C18H21N3O5S. The number of carbonyl (C=O) groups is 1. The average Bonchev–Trinajstić information content (AvgIpc) is 2.66. The maximum atomic E-state index is 12.2. The third kappa shape index (κ3) is 6.08. The first-order chi connectivity index (χ1) is 12.8. The third-order valence-electron chi connectivity index (χ3n) is 3.64. The molecule has 2 aromatic carbocycles. The SMILES string of the molecule is COC(=O)Cc1ccc(OCCNS(=O)(=O)c2ccc(C(=N)N)cc2)cc1. The summed E-state index contributed by atoms with van der Waals surface area (Å²) in [7, 11) is -2.34. The van der Waals surface area contributed by atoms with Crippen molar-refractivity contribution in [2.45, 2.75) is 11.3 Å². The van der Waals surface area contributed by atoms with Crippen LogP contribution in [-0.2, 0) is 26.0 Å². The predicted molar refractivity (Wildman–Crippen MR) is 100 cm³/mol. The lowest BCUT2D eigenvalue weighted by Crippen LogP contribution is -2.28. The lowest BCUT2D eigenvalue weighted by atomic mass is 10.1. The number of hydrogen-bond donors (Lipinski definition) is 3. The van der Waals surface area contributed by atoms with E-state index >= 15 is 0 Å². The molecule has 0 aliphatic rings. The van der Waals surface area contributed by atoms with Gasteiger partial charge >= 0.3 is 5.97 Å². The fraction of sp³-hybridized carbons (Fsp3) is 0.222. The third-order valence-corrected chi connectivity index (χ3v) is 5.11. The molecule has 0 aliphatic carbocycles. The highest BCUT2D eigenvalue weighted by Crippen LogP contribution is 2.13. The minimum atomic E-state index is -3.67. The molecule has 0 fully saturated rings. The maximum absolute atomic E-state index is 12.2. The largest absolute Gasteiger partial charge is 0.492 e. The fourth-order valence-electron chi connectivity index (χ4n) is 2.18. The lowest BCUT2D eigenvalue weighted by Gasteiger charge is -2.09. The second-order valence-corrected chi connectivity index (χ2v) is 7.35. The van der Waals surface area contributed by atoms with Crippen LogP contribution in [0.2, 0.25) is 0 Å². The topological polar surface area (TPSA) is 132 Å². The molecule has 0 saturated carbocycles. The van der Waals surface area contributed by atoms with E-state index in [9.17, 15) is 13.2 Å². The molecule has 0 unspecified atom stereocenters. The van der Waals surface area contributed by atoms with Gasteiger partial charge in [-0.05, 0) is 42.0 Å². The Labute approximate surface area is 157 Å². The summed E-state index contributed by atoms with van der Waals surface area (Å²) in [4.78, 5) is 11.3. The molecule has 8 nitrogen and oxygen atoms in total. The van der Waals surface area contributed by atoms with Gasteiger partial charge in [-0.15, -0.1) is 0 Å². The fourth-order valence-corrected chi connectivity index (χ4v) is 3.20. The summed E-state index contributed by atoms with van der Waals surface area (Å²) < 4.78 is 36.9. The first-order valence-electron chi connectivity index (χ1n) is 8.04. The van der Waals surface area contributed by atoms with Gasteiger partial charge in [0.25, 0.3) is 0 Å². The number of esters is 1. The van der Waals surface area contributed by atoms with Crippen LogP contribution in [0.1, 0.15) is 11.1 Å². The normalized spacial score (nSPS) is 11.0. The summed E-state index contributed by atoms with van der Waals surface area (Å²) in [5.41, 5.74) is 6.59. The molecule has 0 atom stereocenters. The molecule has 0 heterocycles. The highest BCUT2D eigenvalue weighted by Gasteiger charge is 2.13. The molecule has 9 heteroatoms. The van der Waals surface area contributed by atoms with E-state index in [0.717, 1.165) is 5.56 Å². The number of hydrogen-bond acceptors (Lipinski definition) is 6. The second kappa shape index (κ2) is 9.15. The van der Waals surface area contributed by atoms with Gasteiger partial charge in [0.15, 0.2) is 0 Å². The Bertz CT molecular complexity index is 894. The van der Waals surface area contributed by atoms with Crippen LogP contribution in [0.15, 0.2) is 53.4 Å². The van der Waals surface area contributed by atoms with Crippen molar-refractivity contribution in [2.75, 3.05) is 20.3 Å². The van der Waals surface area contributed by atoms with Crippen LogP contribution in [0.25, 0.3) is 0 Å². The molecule has 0 amide bonds. The Morgan fingerprint density at radius 1 is 1.11 bits per heavy atom. The summed E-state index contributed by atoms with van der Waals surface area (Å²) in [5, 5.41) is 7.31. The number of carbonyl (C=O) groups excluding carboxylic acids is 1. The van der Waals surface area contributed by atoms with Gasteiger partial charge in [0.2, 0.25) is 10.0 Å². The van der Waals surface area contributed by atoms with Crippen LogP contribution >= 0.6 is 0 Å². The number of rotatable bonds is 9. The first kappa shape index (κ1) is 20.4. The van der Waals surface area contributed by atoms with Crippen LogP contribution in [0, 0.1) is 5.41 Å². The van der Waals surface area contributed by atoms with Crippen molar-refractivity contribution in [1.29, 1.82) is 5.41 Å². The van der Waals surface area contributed by atoms with Gasteiger partial charge < -0.3 is 15.2 Å². The van der Waals surface area contributed by atoms with Gasteiger partial charge in [-0.25, -0.2) is 13.1 Å². The second-order valence-electron chi connectivity index (χ2n) is 5.58. The minimum Gasteiger partial charge on any atom is -0.492 e. The van der Waals surface area contributed by atoms with Crippen molar-refractivity contribution in [3.63, 3.8) is 0 Å². The molecule has 0 bridgehead atoms. The molecule has 0 spiro atoms. The number of ether oxygens (including phenoxy) is 2. The average molecular weight is 391 g/mol. The minimum absolute atomic E-state index is 0.0830. The van der Waals surface area contributed by atoms with Gasteiger partial charge in [-0.3, -0.25) is 10.2 Å². The first-order valence-corrected chi connectivity index (χ1v) is 9.53. The summed E-state index contributed by atoms with van der Waals surface area (Å²) in [6.07, 6.45) is 0.180. The zero-order chi connectivity index (χ0) is 19.9. The zero-order valence-corrected chi connectivity index (χ0v) is 15.6. The van der Waals surface area contributed by atoms with E-state index in [2.05, 4.69) is 9.46 Å². The lowest BCUT2D eigenvalue weighted by molar-refractivity contribution is -0.139. The molecule has 0 aromatic heterocycles. The van der Waals surface area contributed by atoms with Crippen LogP contribution in [-0.4, -0.2) is 40.5 Å². The van der Waals surface area contributed by atoms with E-state index in [1.54, 1.807) is 24.3 Å². The van der Waals surface area contributed by atoms with E-state index in [1.165, 1.54) is 31.4 Å². The van der Waals surface area contributed by atoms with Gasteiger partial charge in [0, 0.05) is 12.1 Å². The molecule has 2 aromatic rings. The number of sulfonamides is 1. The summed E-state index contributed by atoms with van der Waals surface area (Å²) >= 11 is 0. The maximum Gasteiger partial charge on any atom is 0.309 e. The van der Waals surface area contributed by atoms with E-state index in [0.29, 0.717) is 11.3 Å². The van der Waals surface area contributed by atoms with E-state index in [-0.39, 0.29) is 36.3 Å². The molecule has 0 aliphatic heterocycles. The quantitative estimate of drug-likeness (QED) is 0.253. The Morgan fingerprint density at radius 3 is 2.30 bits per heavy atom. The Kier molecular flexibility index (Phi) is 6.91. The van der Waals surface area contributed by atoms with Crippen molar-refractivity contribution in [3.05, 3.63) is 59.7 Å². The van der Waals surface area contributed by atoms with E-state index < -0.39 is 10.0 Å². The highest BCUT2D eigenvalue weighted by molar-refractivity contribution is 7.89. The van der Waals surface area contributed by atoms with Crippen LogP contribution in [0.5, 0.6) is 5.75 Å². The smallest absolute Gasteiger partial charge is 0.309 e. The standard InChI is InChI=1S/C18H21N3O5S/c1-25-17(22)12-13-2-6-15(7-3-13)26-11-10-21-27(23,24)16-8-4-14(5-9-16)18(19)20/h2-9,21H,10-12H2,1H3,(H3,19,20). The van der Waals surface area contributed by atoms with Gasteiger partial charge in [0.05, 0.1) is 18.4 Å². The Hall–Kier alpha value is -2.91. The molecular weight excluding hydrogens is 370 g/mol. The van der Waals surface area contributed by atoms with Gasteiger partial charge in [-0.2, -0.15) is 0 Å². The van der Waals surface area contributed by atoms with E-state index in [4.69, 9.17) is 15.9 Å². The van der Waals surface area contributed by atoms with Crippen LogP contribution < -0.4 is 15.2 Å². The van der Waals surface area contributed by atoms with E-state index in [1.807, 2.05) is 0 Å². The molecule has 0 saturated heterocycles. The summed E-state index contributed by atoms with van der Waals surface area (Å²) in [6.45, 7) is 0.224. The van der Waals surface area contributed by atoms with Crippen molar-refractivity contribution in [1.82, 2.24) is 4.72 Å². The molecule has 27 heavy (non-hydrogen) atoms. The van der Waals surface area contributed by atoms with Crippen molar-refractivity contribution >= 4 is 21.8 Å². The molecule has 4 N–H and O–H groups in total. The zero-order valence-electron chi connectivity index (χ0n) is 14.8. The van der Waals surface area contributed by atoms with Crippen LogP contribution in [0.3, 0.4) is 0 Å². The number of nitrogen functional groups attached to an aromatic ring is 1. The van der Waals surface area contributed by atoms with Crippen molar-refractivity contribution < 1.29 is 22.7 Å². The highest BCUT2D eigenvalue weighted by atomic mass is 32.2. The molecule has 144 valence electrons. The molecule has 0 radical (unpaired) electrons. The number of methoxy groups -OCH3 is 1.